The van der Waals surface area contributed by atoms with Crippen LogP contribution >= 0.6 is 27.3 Å². The third-order valence-corrected chi connectivity index (χ3v) is 4.69. The number of hydrogen-bond acceptors (Lipinski definition) is 4. The normalized spacial score (nSPS) is 24.4. The molecule has 1 aliphatic rings. The molecule has 3 nitrogen and oxygen atoms in total. The van der Waals surface area contributed by atoms with Crippen molar-refractivity contribution in [3.8, 4) is 0 Å². The zero-order valence-electron chi connectivity index (χ0n) is 10.0. The van der Waals surface area contributed by atoms with Gasteiger partial charge in [-0.15, -0.1) is 11.3 Å². The number of thiophene rings is 1. The summed E-state index contributed by atoms with van der Waals surface area (Å²) in [6, 6.07) is 2.69. The van der Waals surface area contributed by atoms with Crippen LogP contribution in [0.4, 0.5) is 0 Å². The van der Waals surface area contributed by atoms with Gasteiger partial charge in [-0.3, -0.25) is 0 Å². The number of ether oxygens (including phenoxy) is 1. The molecular weight excluding hydrogens is 300 g/mol. The molecule has 17 heavy (non-hydrogen) atoms. The van der Waals surface area contributed by atoms with Crippen LogP contribution in [0.5, 0.6) is 0 Å². The Morgan fingerprint density at radius 2 is 2.41 bits per heavy atom. The van der Waals surface area contributed by atoms with Gasteiger partial charge in [0.15, 0.2) is 0 Å². The van der Waals surface area contributed by atoms with Crippen molar-refractivity contribution < 1.29 is 4.74 Å². The molecule has 1 fully saturated rings. The molecule has 0 spiro atoms. The molecule has 2 heterocycles. The Labute approximate surface area is 115 Å². The summed E-state index contributed by atoms with van der Waals surface area (Å²) < 4.78 is 6.70. The fourth-order valence-electron chi connectivity index (χ4n) is 2.11. The van der Waals surface area contributed by atoms with Gasteiger partial charge in [-0.1, -0.05) is 6.92 Å². The van der Waals surface area contributed by atoms with Gasteiger partial charge in [0.1, 0.15) is 0 Å². The SMILES string of the molecule is CCNC1COCC1CNCc1cc(Br)cs1. The standard InChI is InChI=1S/C12H19BrN2OS/c1-2-15-12-7-16-6-9(12)4-14-5-11-3-10(13)8-17-11/h3,8-9,12,14-15H,2,4-7H2,1H3. The van der Waals surface area contributed by atoms with Crippen molar-refractivity contribution in [3.05, 3.63) is 20.8 Å². The summed E-state index contributed by atoms with van der Waals surface area (Å²) >= 11 is 5.26. The van der Waals surface area contributed by atoms with Crippen LogP contribution in [0.2, 0.25) is 0 Å². The fraction of sp³-hybridized carbons (Fsp3) is 0.667. The minimum atomic E-state index is 0.516. The highest BCUT2D eigenvalue weighted by molar-refractivity contribution is 9.10. The van der Waals surface area contributed by atoms with E-state index in [4.69, 9.17) is 4.74 Å². The predicted octanol–water partition coefficient (Wildman–Crippen LogP) is 2.22. The highest BCUT2D eigenvalue weighted by Gasteiger charge is 2.26. The largest absolute Gasteiger partial charge is 0.379 e. The second-order valence-corrected chi connectivity index (χ2v) is 6.24. The molecule has 1 aliphatic heterocycles. The Bertz CT molecular complexity index is 345. The first-order valence-corrected chi connectivity index (χ1v) is 7.71. The van der Waals surface area contributed by atoms with Gasteiger partial charge in [-0.05, 0) is 28.5 Å². The molecule has 0 radical (unpaired) electrons. The first-order valence-electron chi connectivity index (χ1n) is 6.04. The van der Waals surface area contributed by atoms with E-state index in [1.807, 2.05) is 0 Å². The maximum Gasteiger partial charge on any atom is 0.0623 e. The molecule has 96 valence electrons. The van der Waals surface area contributed by atoms with E-state index >= 15 is 0 Å². The average Bonchev–Trinajstić information content (AvgIpc) is 2.90. The zero-order chi connectivity index (χ0) is 12.1. The summed E-state index contributed by atoms with van der Waals surface area (Å²) in [5, 5.41) is 9.11. The van der Waals surface area contributed by atoms with E-state index in [1.54, 1.807) is 11.3 Å². The third-order valence-electron chi connectivity index (χ3n) is 2.99. The second-order valence-electron chi connectivity index (χ2n) is 4.32. The topological polar surface area (TPSA) is 33.3 Å². The maximum atomic E-state index is 5.52. The van der Waals surface area contributed by atoms with E-state index in [2.05, 4.69) is 44.9 Å². The van der Waals surface area contributed by atoms with Gasteiger partial charge < -0.3 is 15.4 Å². The van der Waals surface area contributed by atoms with Crippen LogP contribution in [-0.2, 0) is 11.3 Å². The number of halogens is 1. The number of likely N-dealkylation sites (N-methyl/N-ethyl adjacent to an activating group) is 1. The lowest BCUT2D eigenvalue weighted by atomic mass is 10.0. The van der Waals surface area contributed by atoms with Crippen LogP contribution in [0.3, 0.4) is 0 Å². The molecule has 0 amide bonds. The minimum absolute atomic E-state index is 0.516. The van der Waals surface area contributed by atoms with Crippen LogP contribution in [0.1, 0.15) is 11.8 Å². The predicted molar refractivity (Wildman–Crippen MR) is 75.5 cm³/mol. The molecule has 0 saturated carbocycles. The van der Waals surface area contributed by atoms with Gasteiger partial charge in [0, 0.05) is 39.8 Å². The van der Waals surface area contributed by atoms with Crippen molar-refractivity contribution in [1.29, 1.82) is 0 Å². The van der Waals surface area contributed by atoms with Gasteiger partial charge in [0.05, 0.1) is 13.2 Å². The molecule has 2 rings (SSSR count). The molecule has 2 N–H and O–H groups in total. The van der Waals surface area contributed by atoms with Crippen LogP contribution in [0, 0.1) is 5.92 Å². The molecule has 1 saturated heterocycles. The Balaban J connectivity index is 1.70. The number of nitrogens with one attached hydrogen (secondary N) is 2. The van der Waals surface area contributed by atoms with Crippen LogP contribution in [0.15, 0.2) is 15.9 Å². The summed E-state index contributed by atoms with van der Waals surface area (Å²) in [6.07, 6.45) is 0. The Morgan fingerprint density at radius 3 is 3.12 bits per heavy atom. The molecule has 0 bridgehead atoms. The Morgan fingerprint density at radius 1 is 1.53 bits per heavy atom. The summed E-state index contributed by atoms with van der Waals surface area (Å²) in [6.45, 7) is 6.86. The van der Waals surface area contributed by atoms with Gasteiger partial charge in [0.2, 0.25) is 0 Å². The molecule has 0 aromatic carbocycles. The minimum Gasteiger partial charge on any atom is -0.379 e. The van der Waals surface area contributed by atoms with Crippen molar-refractivity contribution in [2.75, 3.05) is 26.3 Å². The van der Waals surface area contributed by atoms with Gasteiger partial charge in [0.25, 0.3) is 0 Å². The Hall–Kier alpha value is 0.0600. The van der Waals surface area contributed by atoms with E-state index in [1.165, 1.54) is 9.35 Å². The zero-order valence-corrected chi connectivity index (χ0v) is 12.4. The molecule has 0 aliphatic carbocycles. The number of rotatable bonds is 6. The quantitative estimate of drug-likeness (QED) is 0.844. The lowest BCUT2D eigenvalue weighted by molar-refractivity contribution is 0.182. The lowest BCUT2D eigenvalue weighted by Gasteiger charge is -2.18. The molecule has 5 heteroatoms. The van der Waals surface area contributed by atoms with E-state index in [0.29, 0.717) is 12.0 Å². The molecule has 1 aromatic rings. The van der Waals surface area contributed by atoms with Crippen molar-refractivity contribution in [2.45, 2.75) is 19.5 Å². The first-order chi connectivity index (χ1) is 8.29. The van der Waals surface area contributed by atoms with Crippen molar-refractivity contribution in [3.63, 3.8) is 0 Å². The monoisotopic (exact) mass is 318 g/mol. The average molecular weight is 319 g/mol. The Kier molecular flexibility index (Phi) is 5.44. The van der Waals surface area contributed by atoms with Gasteiger partial charge in [-0.2, -0.15) is 0 Å². The maximum absolute atomic E-state index is 5.52. The first kappa shape index (κ1) is 13.5. The van der Waals surface area contributed by atoms with Crippen LogP contribution < -0.4 is 10.6 Å². The van der Waals surface area contributed by atoms with E-state index in [9.17, 15) is 0 Å². The second kappa shape index (κ2) is 6.85. The fourth-order valence-corrected chi connectivity index (χ4v) is 3.54. The summed E-state index contributed by atoms with van der Waals surface area (Å²) in [4.78, 5) is 1.37. The van der Waals surface area contributed by atoms with Gasteiger partial charge in [-0.25, -0.2) is 0 Å². The molecule has 2 unspecified atom stereocenters. The van der Waals surface area contributed by atoms with E-state index in [0.717, 1.165) is 32.8 Å². The third kappa shape index (κ3) is 4.03. The summed E-state index contributed by atoms with van der Waals surface area (Å²) in [5.74, 6) is 0.596. The van der Waals surface area contributed by atoms with E-state index in [-0.39, 0.29) is 0 Å². The van der Waals surface area contributed by atoms with Crippen molar-refractivity contribution >= 4 is 27.3 Å². The molecule has 2 atom stereocenters. The van der Waals surface area contributed by atoms with E-state index < -0.39 is 0 Å². The highest BCUT2D eigenvalue weighted by Crippen LogP contribution is 2.19. The van der Waals surface area contributed by atoms with Crippen molar-refractivity contribution in [1.82, 2.24) is 10.6 Å². The van der Waals surface area contributed by atoms with Crippen LogP contribution in [0.25, 0.3) is 0 Å². The highest BCUT2D eigenvalue weighted by atomic mass is 79.9. The number of hydrogen-bond donors (Lipinski definition) is 2. The molecular formula is C12H19BrN2OS. The lowest BCUT2D eigenvalue weighted by Crippen LogP contribution is -2.39. The molecule has 1 aromatic heterocycles. The smallest absolute Gasteiger partial charge is 0.0623 e. The summed E-state index contributed by atoms with van der Waals surface area (Å²) in [7, 11) is 0. The van der Waals surface area contributed by atoms with Crippen molar-refractivity contribution in [2.24, 2.45) is 5.92 Å². The summed E-state index contributed by atoms with van der Waals surface area (Å²) in [5.41, 5.74) is 0. The van der Waals surface area contributed by atoms with Crippen LogP contribution in [-0.4, -0.2) is 32.3 Å². The van der Waals surface area contributed by atoms with Gasteiger partial charge >= 0.3 is 0 Å².